The molecule has 6 heteroatoms. The molecule has 1 atom stereocenters. The molecular weight excluding hydrogens is 370 g/mol. The van der Waals surface area contributed by atoms with Gasteiger partial charge in [0.2, 0.25) is 0 Å². The Hall–Kier alpha value is -3.02. The van der Waals surface area contributed by atoms with Gasteiger partial charge in [-0.05, 0) is 75.1 Å². The molecule has 154 valence electrons. The summed E-state index contributed by atoms with van der Waals surface area (Å²) in [5.41, 5.74) is 3.19. The third-order valence-corrected chi connectivity index (χ3v) is 4.87. The summed E-state index contributed by atoms with van der Waals surface area (Å²) in [6.45, 7) is 5.39. The van der Waals surface area contributed by atoms with Crippen molar-refractivity contribution in [1.29, 1.82) is 0 Å². The molecule has 2 aromatic rings. The summed E-state index contributed by atoms with van der Waals surface area (Å²) in [6.07, 6.45) is 1.00. The zero-order valence-electron chi connectivity index (χ0n) is 17.5. The minimum Gasteiger partial charge on any atom is -0.465 e. The second kappa shape index (κ2) is 8.15. The van der Waals surface area contributed by atoms with Gasteiger partial charge in [0.15, 0.2) is 0 Å². The molecule has 0 aliphatic carbocycles. The molecule has 1 heterocycles. The van der Waals surface area contributed by atoms with Crippen molar-refractivity contribution in [2.24, 2.45) is 0 Å². The summed E-state index contributed by atoms with van der Waals surface area (Å²) >= 11 is 0. The van der Waals surface area contributed by atoms with Gasteiger partial charge in [-0.25, -0.2) is 9.59 Å². The molecule has 0 radical (unpaired) electrons. The molecule has 0 amide bonds. The number of nitrogens with zero attached hydrogens (tertiary/aromatic N) is 1. The van der Waals surface area contributed by atoms with E-state index in [0.717, 1.165) is 29.7 Å². The topological polar surface area (TPSA) is 65.1 Å². The van der Waals surface area contributed by atoms with E-state index < -0.39 is 11.8 Å². The lowest BCUT2D eigenvalue weighted by Crippen LogP contribution is -2.29. The molecule has 29 heavy (non-hydrogen) atoms. The quantitative estimate of drug-likeness (QED) is 0.542. The smallest absolute Gasteiger partial charge is 0.465 e. The molecule has 0 aromatic heterocycles. The fourth-order valence-electron chi connectivity index (χ4n) is 3.57. The van der Waals surface area contributed by atoms with Gasteiger partial charge in [0.05, 0.1) is 18.7 Å². The van der Waals surface area contributed by atoms with Gasteiger partial charge in [0.1, 0.15) is 11.4 Å². The molecule has 1 unspecified atom stereocenters. The highest BCUT2D eigenvalue weighted by Crippen LogP contribution is 2.39. The van der Waals surface area contributed by atoms with Crippen molar-refractivity contribution in [1.82, 2.24) is 0 Å². The minimum absolute atomic E-state index is 0.143. The number of hydrogen-bond donors (Lipinski definition) is 0. The van der Waals surface area contributed by atoms with Crippen LogP contribution in [0.25, 0.3) is 0 Å². The van der Waals surface area contributed by atoms with Gasteiger partial charge in [-0.3, -0.25) is 0 Å². The molecule has 0 spiro atoms. The Balaban J connectivity index is 1.78. The fourth-order valence-corrected chi connectivity index (χ4v) is 3.57. The summed E-state index contributed by atoms with van der Waals surface area (Å²) in [6, 6.07) is 13.3. The van der Waals surface area contributed by atoms with Crippen molar-refractivity contribution < 1.29 is 23.8 Å². The number of benzene rings is 2. The van der Waals surface area contributed by atoms with Gasteiger partial charge < -0.3 is 19.1 Å². The Kier molecular flexibility index (Phi) is 5.82. The summed E-state index contributed by atoms with van der Waals surface area (Å²) in [4.78, 5) is 26.0. The molecule has 1 aliphatic rings. The van der Waals surface area contributed by atoms with Gasteiger partial charge in [-0.2, -0.15) is 0 Å². The molecule has 0 saturated carbocycles. The Morgan fingerprint density at radius 2 is 1.86 bits per heavy atom. The van der Waals surface area contributed by atoms with Crippen LogP contribution in [0.3, 0.4) is 0 Å². The van der Waals surface area contributed by atoms with Crippen LogP contribution in [0.15, 0.2) is 42.5 Å². The number of hydrogen-bond acceptors (Lipinski definition) is 6. The molecule has 1 aliphatic heterocycles. The average molecular weight is 397 g/mol. The molecular formula is C23H27NO5. The molecule has 6 nitrogen and oxygen atoms in total. The van der Waals surface area contributed by atoms with Crippen molar-refractivity contribution >= 4 is 17.8 Å². The number of methoxy groups -OCH3 is 1. The molecule has 3 rings (SSSR count). The maximum Gasteiger partial charge on any atom is 0.514 e. The SMILES string of the molecule is COC(=O)c1cccc(C2CCc3cc(OC(=O)OC(C)(C)C)ccc3N2C)c1. The van der Waals surface area contributed by atoms with Crippen LogP contribution in [0, 0.1) is 0 Å². The zero-order valence-corrected chi connectivity index (χ0v) is 17.5. The number of rotatable bonds is 3. The van der Waals surface area contributed by atoms with Crippen molar-refractivity contribution in [3.05, 3.63) is 59.2 Å². The van der Waals surface area contributed by atoms with Crippen LogP contribution in [-0.2, 0) is 15.9 Å². The van der Waals surface area contributed by atoms with Gasteiger partial charge in [-0.15, -0.1) is 0 Å². The van der Waals surface area contributed by atoms with Gasteiger partial charge in [0, 0.05) is 12.7 Å². The normalized spacial score (nSPS) is 16.0. The van der Waals surface area contributed by atoms with Crippen molar-refractivity contribution in [2.75, 3.05) is 19.1 Å². The minimum atomic E-state index is -0.709. The molecule has 2 aromatic carbocycles. The first-order valence-corrected chi connectivity index (χ1v) is 9.63. The van der Waals surface area contributed by atoms with E-state index in [1.807, 2.05) is 37.4 Å². The van der Waals surface area contributed by atoms with E-state index in [4.69, 9.17) is 14.2 Å². The van der Waals surface area contributed by atoms with Crippen LogP contribution in [0.4, 0.5) is 10.5 Å². The van der Waals surface area contributed by atoms with E-state index in [1.54, 1.807) is 32.9 Å². The molecule has 0 bridgehead atoms. The molecule has 0 fully saturated rings. The lowest BCUT2D eigenvalue weighted by molar-refractivity contribution is 0.0206. The lowest BCUT2D eigenvalue weighted by Gasteiger charge is -2.36. The van der Waals surface area contributed by atoms with Crippen LogP contribution < -0.4 is 9.64 Å². The summed E-state index contributed by atoms with van der Waals surface area (Å²) in [5.74, 6) is 0.132. The predicted molar refractivity (Wildman–Crippen MR) is 111 cm³/mol. The number of ether oxygens (including phenoxy) is 3. The summed E-state index contributed by atoms with van der Waals surface area (Å²) in [5, 5.41) is 0. The largest absolute Gasteiger partial charge is 0.514 e. The Bertz CT molecular complexity index is 916. The molecule has 0 saturated heterocycles. The zero-order chi connectivity index (χ0) is 21.2. The van der Waals surface area contributed by atoms with E-state index in [-0.39, 0.29) is 12.0 Å². The van der Waals surface area contributed by atoms with Gasteiger partial charge >= 0.3 is 12.1 Å². The standard InChI is InChI=1S/C23H27NO5/c1-23(2,3)29-22(26)28-18-10-12-20-16(14-18)9-11-19(24(20)4)15-7-6-8-17(13-15)21(25)27-5/h6-8,10,12-14,19H,9,11H2,1-5H3. The van der Waals surface area contributed by atoms with E-state index >= 15 is 0 Å². The first-order valence-electron chi connectivity index (χ1n) is 9.63. The predicted octanol–water partition coefficient (Wildman–Crippen LogP) is 4.91. The average Bonchev–Trinajstić information content (AvgIpc) is 2.66. The van der Waals surface area contributed by atoms with Crippen LogP contribution >= 0.6 is 0 Å². The number of anilines is 1. The maximum absolute atomic E-state index is 11.9. The van der Waals surface area contributed by atoms with Crippen molar-refractivity contribution in [2.45, 2.75) is 45.3 Å². The Labute approximate surface area is 171 Å². The van der Waals surface area contributed by atoms with E-state index in [2.05, 4.69) is 4.90 Å². The second-order valence-corrected chi connectivity index (χ2v) is 8.14. The monoisotopic (exact) mass is 397 g/mol. The first-order chi connectivity index (χ1) is 13.7. The van der Waals surface area contributed by atoms with Crippen LogP contribution in [0.2, 0.25) is 0 Å². The highest BCUT2D eigenvalue weighted by molar-refractivity contribution is 5.89. The van der Waals surface area contributed by atoms with Crippen LogP contribution in [-0.4, -0.2) is 31.9 Å². The third kappa shape index (κ3) is 4.88. The van der Waals surface area contributed by atoms with Gasteiger partial charge in [-0.1, -0.05) is 12.1 Å². The summed E-state index contributed by atoms with van der Waals surface area (Å²) < 4.78 is 15.4. The highest BCUT2D eigenvalue weighted by Gasteiger charge is 2.26. The van der Waals surface area contributed by atoms with Crippen molar-refractivity contribution in [3.8, 4) is 5.75 Å². The van der Waals surface area contributed by atoms with E-state index in [0.29, 0.717) is 11.3 Å². The van der Waals surface area contributed by atoms with Crippen LogP contribution in [0.1, 0.15) is 54.7 Å². The number of carbonyl (C=O) groups is 2. The lowest BCUT2D eigenvalue weighted by atomic mass is 9.91. The number of esters is 1. The Morgan fingerprint density at radius 1 is 1.10 bits per heavy atom. The third-order valence-electron chi connectivity index (χ3n) is 4.87. The first kappa shape index (κ1) is 20.7. The highest BCUT2D eigenvalue weighted by atomic mass is 16.7. The van der Waals surface area contributed by atoms with Gasteiger partial charge in [0.25, 0.3) is 0 Å². The fraction of sp³-hybridized carbons (Fsp3) is 0.391. The second-order valence-electron chi connectivity index (χ2n) is 8.14. The number of aryl methyl sites for hydroxylation is 1. The molecule has 0 N–H and O–H groups in total. The summed E-state index contributed by atoms with van der Waals surface area (Å²) in [7, 11) is 3.41. The van der Waals surface area contributed by atoms with Crippen LogP contribution in [0.5, 0.6) is 5.75 Å². The van der Waals surface area contributed by atoms with E-state index in [9.17, 15) is 9.59 Å². The van der Waals surface area contributed by atoms with E-state index in [1.165, 1.54) is 7.11 Å². The number of carbonyl (C=O) groups excluding carboxylic acids is 2. The maximum atomic E-state index is 11.9. The number of fused-ring (bicyclic) bond motifs is 1. The van der Waals surface area contributed by atoms with Crippen molar-refractivity contribution in [3.63, 3.8) is 0 Å². The Morgan fingerprint density at radius 3 is 2.55 bits per heavy atom.